The van der Waals surface area contributed by atoms with Crippen LogP contribution in [0.3, 0.4) is 0 Å². The summed E-state index contributed by atoms with van der Waals surface area (Å²) in [7, 11) is 0. The molecule has 1 amide bonds. The lowest BCUT2D eigenvalue weighted by atomic mass is 10.0. The highest BCUT2D eigenvalue weighted by Crippen LogP contribution is 2.20. The Hall–Kier alpha value is -2.20. The topological polar surface area (TPSA) is 78.3 Å². The van der Waals surface area contributed by atoms with Crippen LogP contribution in [0.4, 0.5) is 4.79 Å². The highest BCUT2D eigenvalue weighted by molar-refractivity contribution is 5.68. The minimum atomic E-state index is -0.348. The zero-order chi connectivity index (χ0) is 14.4. The molecule has 0 unspecified atom stereocenters. The maximum atomic E-state index is 12.1. The third-order valence-electron chi connectivity index (χ3n) is 3.51. The van der Waals surface area contributed by atoms with E-state index < -0.39 is 0 Å². The minimum absolute atomic E-state index is 0.114. The Labute approximate surface area is 118 Å². The Bertz CT molecular complexity index is 499. The summed E-state index contributed by atoms with van der Waals surface area (Å²) in [6.45, 7) is 2.67. The van der Waals surface area contributed by atoms with Crippen molar-refractivity contribution in [2.24, 2.45) is 5.11 Å². The van der Waals surface area contributed by atoms with Gasteiger partial charge in [-0.05, 0) is 30.9 Å². The quantitative estimate of drug-likeness (QED) is 0.480. The first-order valence-electron chi connectivity index (χ1n) is 6.72. The van der Waals surface area contributed by atoms with Gasteiger partial charge in [-0.2, -0.15) is 0 Å². The Morgan fingerprint density at radius 1 is 1.45 bits per heavy atom. The molecule has 2 rings (SSSR count). The summed E-state index contributed by atoms with van der Waals surface area (Å²) >= 11 is 0. The van der Waals surface area contributed by atoms with Crippen molar-refractivity contribution in [3.8, 4) is 0 Å². The third kappa shape index (κ3) is 3.65. The maximum Gasteiger partial charge on any atom is 0.410 e. The van der Waals surface area contributed by atoms with E-state index in [1.54, 1.807) is 4.90 Å². The zero-order valence-electron chi connectivity index (χ0n) is 11.5. The van der Waals surface area contributed by atoms with Crippen molar-refractivity contribution in [2.45, 2.75) is 38.5 Å². The van der Waals surface area contributed by atoms with Gasteiger partial charge >= 0.3 is 6.09 Å². The van der Waals surface area contributed by atoms with Gasteiger partial charge in [0.2, 0.25) is 0 Å². The van der Waals surface area contributed by atoms with E-state index in [4.69, 9.17) is 10.3 Å². The van der Waals surface area contributed by atoms with Crippen LogP contribution in [0.2, 0.25) is 0 Å². The van der Waals surface area contributed by atoms with Crippen molar-refractivity contribution in [1.29, 1.82) is 0 Å². The first kappa shape index (κ1) is 14.2. The second kappa shape index (κ2) is 6.82. The second-order valence-corrected chi connectivity index (χ2v) is 4.98. The van der Waals surface area contributed by atoms with Crippen molar-refractivity contribution in [2.75, 3.05) is 6.54 Å². The fraction of sp³-hybridized carbons (Fsp3) is 0.500. The third-order valence-corrected chi connectivity index (χ3v) is 3.51. The number of ether oxygens (including phenoxy) is 1. The van der Waals surface area contributed by atoms with Gasteiger partial charge in [-0.25, -0.2) is 4.79 Å². The first-order chi connectivity index (χ1) is 9.70. The van der Waals surface area contributed by atoms with E-state index in [2.05, 4.69) is 10.0 Å². The van der Waals surface area contributed by atoms with E-state index in [1.807, 2.05) is 37.3 Å². The molecule has 0 bridgehead atoms. The van der Waals surface area contributed by atoms with Crippen LogP contribution in [0.15, 0.2) is 35.4 Å². The van der Waals surface area contributed by atoms with Crippen LogP contribution in [0.1, 0.15) is 25.3 Å². The van der Waals surface area contributed by atoms with Crippen molar-refractivity contribution >= 4 is 6.09 Å². The van der Waals surface area contributed by atoms with Crippen LogP contribution in [0, 0.1) is 0 Å². The number of nitrogens with zero attached hydrogens (tertiary/aromatic N) is 4. The summed E-state index contributed by atoms with van der Waals surface area (Å²) in [5, 5.41) is 3.70. The van der Waals surface area contributed by atoms with Gasteiger partial charge in [0.25, 0.3) is 0 Å². The molecule has 6 nitrogen and oxygen atoms in total. The summed E-state index contributed by atoms with van der Waals surface area (Å²) in [5.41, 5.74) is 9.44. The maximum absolute atomic E-state index is 12.1. The Kier molecular flexibility index (Phi) is 4.85. The van der Waals surface area contributed by atoms with Crippen LogP contribution in [0.5, 0.6) is 0 Å². The van der Waals surface area contributed by atoms with E-state index in [-0.39, 0.29) is 24.8 Å². The SMILES string of the molecule is C[C@@H]1CC[C@@H](N=[N+]=[N-])CN1C(=O)OCc1ccccc1. The van der Waals surface area contributed by atoms with Crippen LogP contribution >= 0.6 is 0 Å². The van der Waals surface area contributed by atoms with Crippen molar-refractivity contribution < 1.29 is 9.53 Å². The molecule has 1 heterocycles. The highest BCUT2D eigenvalue weighted by Gasteiger charge is 2.29. The van der Waals surface area contributed by atoms with Crippen molar-refractivity contribution in [3.05, 3.63) is 46.3 Å². The average molecular weight is 274 g/mol. The minimum Gasteiger partial charge on any atom is -0.445 e. The van der Waals surface area contributed by atoms with E-state index in [0.29, 0.717) is 6.54 Å². The van der Waals surface area contributed by atoms with Gasteiger partial charge in [0.15, 0.2) is 0 Å². The van der Waals surface area contributed by atoms with Crippen LogP contribution in [-0.4, -0.2) is 29.6 Å². The number of piperidine rings is 1. The molecule has 0 spiro atoms. The molecule has 6 heteroatoms. The standard InChI is InChI=1S/C14H18N4O2/c1-11-7-8-13(16-17-15)9-18(11)14(19)20-10-12-5-3-2-4-6-12/h2-6,11,13H,7-10H2,1H3/t11-,13-/m1/s1. The summed E-state index contributed by atoms with van der Waals surface area (Å²) in [4.78, 5) is 16.6. The monoisotopic (exact) mass is 274 g/mol. The summed E-state index contributed by atoms with van der Waals surface area (Å²) < 4.78 is 5.32. The predicted molar refractivity (Wildman–Crippen MR) is 75.0 cm³/mol. The summed E-state index contributed by atoms with van der Waals surface area (Å²) in [5.74, 6) is 0. The molecule has 1 aliphatic rings. The molecule has 0 saturated carbocycles. The van der Waals surface area contributed by atoms with Crippen molar-refractivity contribution in [1.82, 2.24) is 4.90 Å². The normalized spacial score (nSPS) is 21.9. The molecule has 0 aromatic heterocycles. The molecule has 0 radical (unpaired) electrons. The number of likely N-dealkylation sites (tertiary alicyclic amines) is 1. The lowest BCUT2D eigenvalue weighted by molar-refractivity contribution is 0.0680. The average Bonchev–Trinajstić information content (AvgIpc) is 2.48. The molecule has 20 heavy (non-hydrogen) atoms. The lowest BCUT2D eigenvalue weighted by Gasteiger charge is -2.35. The van der Waals surface area contributed by atoms with Gasteiger partial charge in [-0.3, -0.25) is 0 Å². The first-order valence-corrected chi connectivity index (χ1v) is 6.72. The van der Waals surface area contributed by atoms with E-state index in [9.17, 15) is 4.79 Å². The number of hydrogen-bond donors (Lipinski definition) is 0. The van der Waals surface area contributed by atoms with Gasteiger partial charge in [-0.1, -0.05) is 35.4 Å². The molecule has 1 fully saturated rings. The predicted octanol–water partition coefficient (Wildman–Crippen LogP) is 3.49. The van der Waals surface area contributed by atoms with Gasteiger partial charge in [-0.15, -0.1) is 0 Å². The molecular formula is C14H18N4O2. The molecule has 2 atom stereocenters. The number of carbonyl (C=O) groups is 1. The Morgan fingerprint density at radius 3 is 2.90 bits per heavy atom. The highest BCUT2D eigenvalue weighted by atomic mass is 16.6. The molecule has 1 saturated heterocycles. The number of azide groups is 1. The smallest absolute Gasteiger partial charge is 0.410 e. The number of carbonyl (C=O) groups excluding carboxylic acids is 1. The van der Waals surface area contributed by atoms with Gasteiger partial charge in [0, 0.05) is 17.5 Å². The molecular weight excluding hydrogens is 256 g/mol. The van der Waals surface area contributed by atoms with E-state index >= 15 is 0 Å². The number of rotatable bonds is 3. The fourth-order valence-corrected chi connectivity index (χ4v) is 2.31. The van der Waals surface area contributed by atoms with Gasteiger partial charge < -0.3 is 9.64 Å². The van der Waals surface area contributed by atoms with Crippen molar-refractivity contribution in [3.63, 3.8) is 0 Å². The molecule has 1 aliphatic heterocycles. The summed E-state index contributed by atoms with van der Waals surface area (Å²) in [6, 6.07) is 9.52. The fourth-order valence-electron chi connectivity index (χ4n) is 2.31. The number of hydrogen-bond acceptors (Lipinski definition) is 3. The molecule has 0 N–H and O–H groups in total. The number of benzene rings is 1. The van der Waals surface area contributed by atoms with E-state index in [1.165, 1.54) is 0 Å². The molecule has 1 aromatic carbocycles. The van der Waals surface area contributed by atoms with Crippen LogP contribution in [0.25, 0.3) is 10.4 Å². The Morgan fingerprint density at radius 2 is 2.20 bits per heavy atom. The summed E-state index contributed by atoms with van der Waals surface area (Å²) in [6.07, 6.45) is 1.29. The largest absolute Gasteiger partial charge is 0.445 e. The second-order valence-electron chi connectivity index (χ2n) is 4.98. The molecule has 106 valence electrons. The Balaban J connectivity index is 1.91. The molecule has 1 aromatic rings. The lowest BCUT2D eigenvalue weighted by Crippen LogP contribution is -2.47. The van der Waals surface area contributed by atoms with Crippen LogP contribution in [-0.2, 0) is 11.3 Å². The molecule has 0 aliphatic carbocycles. The van der Waals surface area contributed by atoms with Gasteiger partial charge in [0.05, 0.1) is 6.04 Å². The number of amides is 1. The zero-order valence-corrected chi connectivity index (χ0v) is 11.5. The van der Waals surface area contributed by atoms with E-state index in [0.717, 1.165) is 18.4 Å². The van der Waals surface area contributed by atoms with Crippen LogP contribution < -0.4 is 0 Å². The van der Waals surface area contributed by atoms with Gasteiger partial charge in [0.1, 0.15) is 6.61 Å².